The topological polar surface area (TPSA) is 92.8 Å². The average Bonchev–Trinajstić information content (AvgIpc) is 3.10. The number of esters is 1. The fourth-order valence-electron chi connectivity index (χ4n) is 3.91. The van der Waals surface area contributed by atoms with Crippen molar-refractivity contribution in [1.82, 2.24) is 4.31 Å². The number of anilines is 1. The van der Waals surface area contributed by atoms with Crippen LogP contribution in [0.2, 0.25) is 5.02 Å². The van der Waals surface area contributed by atoms with Gasteiger partial charge in [-0.3, -0.25) is 9.59 Å². The minimum Gasteiger partial charge on any atom is -0.462 e. The fraction of sp³-hybridized carbons (Fsp3) is 0.333. The highest BCUT2D eigenvalue weighted by atomic mass is 35.5. The van der Waals surface area contributed by atoms with Gasteiger partial charge in [-0.15, -0.1) is 0 Å². The minimum absolute atomic E-state index is 0.0287. The van der Waals surface area contributed by atoms with E-state index in [9.17, 15) is 22.4 Å². The van der Waals surface area contributed by atoms with E-state index in [1.54, 1.807) is 13.0 Å². The molecule has 4 rings (SSSR count). The summed E-state index contributed by atoms with van der Waals surface area (Å²) in [4.78, 5) is 24.2. The summed E-state index contributed by atoms with van der Waals surface area (Å²) in [6.07, 6.45) is 0.415. The Morgan fingerprint density at radius 1 is 1.26 bits per heavy atom. The first-order valence-electron chi connectivity index (χ1n) is 9.72. The predicted molar refractivity (Wildman–Crippen MR) is 112 cm³/mol. The standard InChI is InChI=1S/C21H20ClFN2O5S/c1-12-2-3-13(21(27)24-15-4-5-17(23)16(22)10-15)8-19(12)31(28,29)25-7-6-18-14(11-25)9-20(26)30-18/h2-5,8,10,14,18H,6-7,9,11H2,1H3,(H,24,27). The van der Waals surface area contributed by atoms with E-state index in [1.165, 1.54) is 28.6 Å². The van der Waals surface area contributed by atoms with E-state index in [4.69, 9.17) is 16.3 Å². The lowest BCUT2D eigenvalue weighted by atomic mass is 9.96. The first-order valence-corrected chi connectivity index (χ1v) is 11.5. The van der Waals surface area contributed by atoms with Crippen LogP contribution in [0.15, 0.2) is 41.3 Å². The molecule has 1 N–H and O–H groups in total. The predicted octanol–water partition coefficient (Wildman–Crippen LogP) is 3.37. The maximum atomic E-state index is 13.3. The first kappa shape index (κ1) is 21.7. The third-order valence-electron chi connectivity index (χ3n) is 5.58. The molecule has 0 spiro atoms. The number of hydrogen-bond acceptors (Lipinski definition) is 5. The summed E-state index contributed by atoms with van der Waals surface area (Å²) in [6.45, 7) is 2.09. The number of carbonyl (C=O) groups excluding carboxylic acids is 2. The Morgan fingerprint density at radius 3 is 2.77 bits per heavy atom. The summed E-state index contributed by atoms with van der Waals surface area (Å²) in [5.74, 6) is -1.62. The summed E-state index contributed by atoms with van der Waals surface area (Å²) < 4.78 is 46.5. The Hall–Kier alpha value is -2.49. The van der Waals surface area contributed by atoms with Gasteiger partial charge in [0.2, 0.25) is 10.0 Å². The molecule has 2 aliphatic rings. The summed E-state index contributed by atoms with van der Waals surface area (Å²) in [5, 5.41) is 2.45. The van der Waals surface area contributed by atoms with E-state index in [-0.39, 0.29) is 58.7 Å². The molecular formula is C21H20ClFN2O5S. The van der Waals surface area contributed by atoms with Crippen molar-refractivity contribution in [3.8, 4) is 0 Å². The SMILES string of the molecule is Cc1ccc(C(=O)Nc2ccc(F)c(Cl)c2)cc1S(=O)(=O)N1CCC2OC(=O)CC2C1. The van der Waals surface area contributed by atoms with Gasteiger partial charge in [-0.1, -0.05) is 17.7 Å². The van der Waals surface area contributed by atoms with Crippen molar-refractivity contribution < 1.29 is 27.1 Å². The number of nitrogens with one attached hydrogen (secondary N) is 1. The van der Waals surface area contributed by atoms with Crippen molar-refractivity contribution in [2.75, 3.05) is 18.4 Å². The molecule has 0 bridgehead atoms. The maximum absolute atomic E-state index is 13.3. The number of amides is 1. The smallest absolute Gasteiger partial charge is 0.306 e. The highest BCUT2D eigenvalue weighted by Crippen LogP contribution is 2.33. The Morgan fingerprint density at radius 2 is 2.03 bits per heavy atom. The second-order valence-corrected chi connectivity index (χ2v) is 10.0. The van der Waals surface area contributed by atoms with Gasteiger partial charge in [-0.2, -0.15) is 4.31 Å². The normalized spacial score (nSPS) is 21.5. The average molecular weight is 467 g/mol. The zero-order chi connectivity index (χ0) is 22.3. The van der Waals surface area contributed by atoms with E-state index < -0.39 is 21.7 Å². The van der Waals surface area contributed by atoms with Crippen molar-refractivity contribution in [2.45, 2.75) is 30.8 Å². The largest absolute Gasteiger partial charge is 0.462 e. The third kappa shape index (κ3) is 4.30. The summed E-state index contributed by atoms with van der Waals surface area (Å²) in [6, 6.07) is 8.17. The first-order chi connectivity index (χ1) is 14.6. The number of aryl methyl sites for hydroxylation is 1. The van der Waals surface area contributed by atoms with Crippen LogP contribution in [0.1, 0.15) is 28.8 Å². The number of hydrogen-bond donors (Lipinski definition) is 1. The lowest BCUT2D eigenvalue weighted by molar-refractivity contribution is -0.142. The molecule has 0 aromatic heterocycles. The maximum Gasteiger partial charge on any atom is 0.306 e. The van der Waals surface area contributed by atoms with Crippen LogP contribution in [-0.2, 0) is 19.6 Å². The van der Waals surface area contributed by atoms with Crippen LogP contribution in [0.3, 0.4) is 0 Å². The molecule has 2 saturated heterocycles. The van der Waals surface area contributed by atoms with Gasteiger partial charge >= 0.3 is 5.97 Å². The molecule has 0 radical (unpaired) electrons. The van der Waals surface area contributed by atoms with Gasteiger partial charge in [0.1, 0.15) is 11.9 Å². The van der Waals surface area contributed by atoms with Gasteiger partial charge in [0.25, 0.3) is 5.91 Å². The molecule has 1 amide bonds. The van der Waals surface area contributed by atoms with Crippen molar-refractivity contribution in [2.24, 2.45) is 5.92 Å². The number of carbonyl (C=O) groups is 2. The number of ether oxygens (including phenoxy) is 1. The van der Waals surface area contributed by atoms with Gasteiger partial charge in [-0.25, -0.2) is 12.8 Å². The lowest BCUT2D eigenvalue weighted by Gasteiger charge is -2.32. The Labute approximate surface area is 184 Å². The number of halogens is 2. The lowest BCUT2D eigenvalue weighted by Crippen LogP contribution is -2.44. The van der Waals surface area contributed by atoms with E-state index in [2.05, 4.69) is 5.32 Å². The summed E-state index contributed by atoms with van der Waals surface area (Å²) in [7, 11) is -3.87. The van der Waals surface area contributed by atoms with E-state index >= 15 is 0 Å². The van der Waals surface area contributed by atoms with Crippen LogP contribution in [-0.4, -0.2) is 43.8 Å². The van der Waals surface area contributed by atoms with Gasteiger partial charge in [-0.05, 0) is 49.2 Å². The molecule has 31 heavy (non-hydrogen) atoms. The minimum atomic E-state index is -3.87. The van der Waals surface area contributed by atoms with Gasteiger partial charge in [0.05, 0.1) is 16.3 Å². The second-order valence-electron chi connectivity index (χ2n) is 7.71. The van der Waals surface area contributed by atoms with E-state index in [0.717, 1.165) is 6.07 Å². The van der Waals surface area contributed by atoms with Crippen molar-refractivity contribution in [1.29, 1.82) is 0 Å². The molecule has 2 aromatic carbocycles. The zero-order valence-electron chi connectivity index (χ0n) is 16.6. The van der Waals surface area contributed by atoms with Crippen molar-refractivity contribution in [3.63, 3.8) is 0 Å². The van der Waals surface area contributed by atoms with Gasteiger partial charge in [0.15, 0.2) is 0 Å². The van der Waals surface area contributed by atoms with Crippen molar-refractivity contribution >= 4 is 39.2 Å². The van der Waals surface area contributed by atoms with Crippen LogP contribution >= 0.6 is 11.6 Å². The molecule has 2 atom stereocenters. The number of sulfonamides is 1. The number of benzene rings is 2. The number of fused-ring (bicyclic) bond motifs is 1. The molecule has 0 saturated carbocycles. The Balaban J connectivity index is 1.57. The molecule has 164 valence electrons. The molecule has 7 nitrogen and oxygen atoms in total. The molecular weight excluding hydrogens is 447 g/mol. The quantitative estimate of drug-likeness (QED) is 0.697. The molecule has 2 heterocycles. The van der Waals surface area contributed by atoms with E-state index in [1.807, 2.05) is 0 Å². The summed E-state index contributed by atoms with van der Waals surface area (Å²) in [5.41, 5.74) is 0.926. The third-order valence-corrected chi connectivity index (χ3v) is 7.88. The molecule has 2 aromatic rings. The van der Waals surface area contributed by atoms with Crippen LogP contribution in [0.25, 0.3) is 0 Å². The molecule has 2 aliphatic heterocycles. The fourth-order valence-corrected chi connectivity index (χ4v) is 5.86. The highest BCUT2D eigenvalue weighted by Gasteiger charge is 2.42. The molecule has 2 unspecified atom stereocenters. The number of nitrogens with zero attached hydrogens (tertiary/aromatic N) is 1. The summed E-state index contributed by atoms with van der Waals surface area (Å²) >= 11 is 5.74. The Bertz CT molecular complexity index is 1170. The van der Waals surface area contributed by atoms with Gasteiger partial charge < -0.3 is 10.1 Å². The Kier molecular flexibility index (Phi) is 5.76. The molecule has 10 heteroatoms. The van der Waals surface area contributed by atoms with Crippen LogP contribution in [0, 0.1) is 18.7 Å². The van der Waals surface area contributed by atoms with Crippen LogP contribution < -0.4 is 5.32 Å². The van der Waals surface area contributed by atoms with Crippen LogP contribution in [0.5, 0.6) is 0 Å². The van der Waals surface area contributed by atoms with Crippen molar-refractivity contribution in [3.05, 3.63) is 58.4 Å². The zero-order valence-corrected chi connectivity index (χ0v) is 18.2. The highest BCUT2D eigenvalue weighted by molar-refractivity contribution is 7.89. The monoisotopic (exact) mass is 466 g/mol. The number of rotatable bonds is 4. The van der Waals surface area contributed by atoms with E-state index in [0.29, 0.717) is 12.0 Å². The second kappa shape index (κ2) is 8.22. The number of piperidine rings is 1. The van der Waals surface area contributed by atoms with Crippen LogP contribution in [0.4, 0.5) is 10.1 Å². The van der Waals surface area contributed by atoms with Gasteiger partial charge in [0, 0.05) is 30.3 Å². The molecule has 2 fully saturated rings. The molecule has 0 aliphatic carbocycles.